The number of hydrogen-bond donors (Lipinski definition) is 0. The lowest BCUT2D eigenvalue weighted by molar-refractivity contribution is -0.0875. The van der Waals surface area contributed by atoms with Gasteiger partial charge in [0.25, 0.3) is 0 Å². The van der Waals surface area contributed by atoms with Crippen molar-refractivity contribution in [1.82, 2.24) is 0 Å². The summed E-state index contributed by atoms with van der Waals surface area (Å²) in [5.41, 5.74) is 2.34. The monoisotopic (exact) mass is 376 g/mol. The van der Waals surface area contributed by atoms with Gasteiger partial charge >= 0.3 is 0 Å². The van der Waals surface area contributed by atoms with E-state index in [1.54, 1.807) is 7.11 Å². The molecule has 3 heteroatoms. The van der Waals surface area contributed by atoms with Gasteiger partial charge in [-0.1, -0.05) is 60.7 Å². The van der Waals surface area contributed by atoms with E-state index in [0.29, 0.717) is 12.5 Å². The zero-order valence-electron chi connectivity index (χ0n) is 12.6. The largest absolute Gasteiger partial charge is 0.382 e. The van der Waals surface area contributed by atoms with Gasteiger partial charge in [0.15, 0.2) is 0 Å². The van der Waals surface area contributed by atoms with Gasteiger partial charge in [-0.25, -0.2) is 0 Å². The Bertz CT molecular complexity index is 375. The number of halogens is 1. The lowest BCUT2D eigenvalue weighted by Gasteiger charge is -2.32. The van der Waals surface area contributed by atoms with Crippen LogP contribution in [0.1, 0.15) is 44.7 Å². The van der Waals surface area contributed by atoms with Gasteiger partial charge < -0.3 is 9.47 Å². The van der Waals surface area contributed by atoms with Crippen molar-refractivity contribution < 1.29 is 9.47 Å². The fourth-order valence-corrected chi connectivity index (χ4v) is 2.73. The molecule has 2 unspecified atom stereocenters. The summed E-state index contributed by atoms with van der Waals surface area (Å²) in [6, 6.07) is 8.78. The van der Waals surface area contributed by atoms with Crippen molar-refractivity contribution in [3.8, 4) is 0 Å². The van der Waals surface area contributed by atoms with Crippen LogP contribution in [0.15, 0.2) is 24.3 Å². The lowest BCUT2D eigenvalue weighted by Crippen LogP contribution is -2.33. The van der Waals surface area contributed by atoms with Gasteiger partial charge in [-0.15, -0.1) is 0 Å². The number of benzene rings is 1. The molecule has 108 valence electrons. The quantitative estimate of drug-likeness (QED) is 0.515. The average molecular weight is 376 g/mol. The molecule has 2 atom stereocenters. The van der Waals surface area contributed by atoms with Gasteiger partial charge in [0, 0.05) is 11.5 Å². The van der Waals surface area contributed by atoms with Crippen LogP contribution in [-0.4, -0.2) is 24.2 Å². The molecule has 0 aliphatic rings. The molecule has 1 aromatic rings. The molecule has 0 heterocycles. The summed E-state index contributed by atoms with van der Waals surface area (Å²) >= 11 is 2.39. The maximum atomic E-state index is 6.18. The second-order valence-electron chi connectivity index (χ2n) is 5.53. The Hall–Kier alpha value is -0.130. The smallest absolute Gasteiger partial charge is 0.0997 e. The lowest BCUT2D eigenvalue weighted by atomic mass is 9.94. The molecule has 0 fully saturated rings. The molecular weight excluding hydrogens is 351 g/mol. The molecule has 0 saturated heterocycles. The zero-order chi connectivity index (χ0) is 14.5. The van der Waals surface area contributed by atoms with Crippen molar-refractivity contribution >= 4 is 22.6 Å². The predicted molar refractivity (Wildman–Crippen MR) is 89.2 cm³/mol. The van der Waals surface area contributed by atoms with E-state index in [4.69, 9.17) is 9.47 Å². The van der Waals surface area contributed by atoms with Crippen molar-refractivity contribution in [3.05, 3.63) is 35.4 Å². The first-order valence-electron chi connectivity index (χ1n) is 6.76. The van der Waals surface area contributed by atoms with Crippen molar-refractivity contribution in [2.45, 2.75) is 45.3 Å². The van der Waals surface area contributed by atoms with Gasteiger partial charge in [-0.3, -0.25) is 0 Å². The van der Waals surface area contributed by atoms with Gasteiger partial charge in [-0.2, -0.15) is 0 Å². The van der Waals surface area contributed by atoms with Gasteiger partial charge in [0.05, 0.1) is 18.3 Å². The molecular formula is C16H25IO2. The second kappa shape index (κ2) is 7.60. The standard InChI is InChI=1S/C16H25IO2/c1-12(2)14-6-8-15(9-7-14)16(4,11-17)19-13(3)10-18-5/h6-9,12-13H,10-11H2,1-5H3. The molecule has 1 aromatic carbocycles. The van der Waals surface area contributed by atoms with Crippen molar-refractivity contribution in [2.75, 3.05) is 18.1 Å². The molecule has 0 spiro atoms. The van der Waals surface area contributed by atoms with Crippen molar-refractivity contribution in [3.63, 3.8) is 0 Å². The number of alkyl halides is 1. The topological polar surface area (TPSA) is 18.5 Å². The number of ether oxygens (including phenoxy) is 2. The van der Waals surface area contributed by atoms with E-state index < -0.39 is 0 Å². The first-order valence-corrected chi connectivity index (χ1v) is 8.28. The van der Waals surface area contributed by atoms with Crippen LogP contribution in [0.25, 0.3) is 0 Å². The molecule has 2 nitrogen and oxygen atoms in total. The van der Waals surface area contributed by atoms with E-state index in [-0.39, 0.29) is 11.7 Å². The second-order valence-corrected chi connectivity index (χ2v) is 6.29. The fourth-order valence-electron chi connectivity index (χ4n) is 2.11. The normalized spacial score (nSPS) is 16.4. The Morgan fingerprint density at radius 1 is 1.16 bits per heavy atom. The first-order chi connectivity index (χ1) is 8.92. The number of rotatable bonds is 7. The van der Waals surface area contributed by atoms with Crippen molar-refractivity contribution in [1.29, 1.82) is 0 Å². The van der Waals surface area contributed by atoms with Gasteiger partial charge in [0.1, 0.15) is 0 Å². The first kappa shape index (κ1) is 16.9. The minimum absolute atomic E-state index is 0.0922. The molecule has 0 aliphatic carbocycles. The maximum Gasteiger partial charge on any atom is 0.0997 e. The third-order valence-corrected chi connectivity index (χ3v) is 4.76. The van der Waals surface area contributed by atoms with E-state index in [0.717, 1.165) is 4.43 Å². The summed E-state index contributed by atoms with van der Waals surface area (Å²) in [7, 11) is 1.71. The molecule has 0 bridgehead atoms. The Morgan fingerprint density at radius 3 is 2.16 bits per heavy atom. The third-order valence-electron chi connectivity index (χ3n) is 3.31. The molecule has 0 saturated carbocycles. The highest BCUT2D eigenvalue weighted by Gasteiger charge is 2.28. The molecule has 0 radical (unpaired) electrons. The van der Waals surface area contributed by atoms with Crippen LogP contribution >= 0.6 is 22.6 Å². The summed E-state index contributed by atoms with van der Waals surface area (Å²) in [5, 5.41) is 0. The summed E-state index contributed by atoms with van der Waals surface area (Å²) in [4.78, 5) is 0. The molecule has 0 aromatic heterocycles. The minimum Gasteiger partial charge on any atom is -0.382 e. The molecule has 0 N–H and O–H groups in total. The number of methoxy groups -OCH3 is 1. The predicted octanol–water partition coefficient (Wildman–Crippen LogP) is 4.51. The van der Waals surface area contributed by atoms with E-state index in [9.17, 15) is 0 Å². The molecule has 0 amide bonds. The van der Waals surface area contributed by atoms with Crippen molar-refractivity contribution in [2.24, 2.45) is 0 Å². The van der Waals surface area contributed by atoms with Gasteiger partial charge in [0.2, 0.25) is 0 Å². The van der Waals surface area contributed by atoms with Crippen LogP contribution < -0.4 is 0 Å². The SMILES string of the molecule is COCC(C)OC(C)(CI)c1ccc(C(C)C)cc1. The fraction of sp³-hybridized carbons (Fsp3) is 0.625. The molecule has 19 heavy (non-hydrogen) atoms. The Labute approximate surface area is 131 Å². The van der Waals surface area contributed by atoms with Crippen LogP contribution in [0.2, 0.25) is 0 Å². The average Bonchev–Trinajstić information content (AvgIpc) is 2.39. The van der Waals surface area contributed by atoms with Crippen LogP contribution in [0.5, 0.6) is 0 Å². The maximum absolute atomic E-state index is 6.18. The van der Waals surface area contributed by atoms with E-state index in [2.05, 4.69) is 74.6 Å². The van der Waals surface area contributed by atoms with Crippen LogP contribution in [-0.2, 0) is 15.1 Å². The highest BCUT2D eigenvalue weighted by molar-refractivity contribution is 14.1. The van der Waals surface area contributed by atoms with E-state index in [1.165, 1.54) is 11.1 Å². The Balaban J connectivity index is 2.88. The molecule has 1 rings (SSSR count). The van der Waals surface area contributed by atoms with E-state index in [1.807, 2.05) is 0 Å². The Morgan fingerprint density at radius 2 is 1.74 bits per heavy atom. The van der Waals surface area contributed by atoms with Crippen LogP contribution in [0.4, 0.5) is 0 Å². The summed E-state index contributed by atoms with van der Waals surface area (Å²) in [5.74, 6) is 0.563. The van der Waals surface area contributed by atoms with Gasteiger partial charge in [-0.05, 0) is 30.9 Å². The Kier molecular flexibility index (Phi) is 6.77. The van der Waals surface area contributed by atoms with E-state index >= 15 is 0 Å². The van der Waals surface area contributed by atoms with Crippen LogP contribution in [0, 0.1) is 0 Å². The van der Waals surface area contributed by atoms with Crippen LogP contribution in [0.3, 0.4) is 0 Å². The summed E-state index contributed by atoms with van der Waals surface area (Å²) < 4.78 is 12.3. The summed E-state index contributed by atoms with van der Waals surface area (Å²) in [6.45, 7) is 9.25. The zero-order valence-corrected chi connectivity index (χ0v) is 14.7. The third kappa shape index (κ3) is 4.72. The highest BCUT2D eigenvalue weighted by Crippen LogP contribution is 2.30. The summed E-state index contributed by atoms with van der Waals surface area (Å²) in [6.07, 6.45) is 0.0922. The minimum atomic E-state index is -0.256. The molecule has 0 aliphatic heterocycles. The number of hydrogen-bond acceptors (Lipinski definition) is 2. The highest BCUT2D eigenvalue weighted by atomic mass is 127.